The first-order chi connectivity index (χ1) is 9.09. The van der Waals surface area contributed by atoms with Crippen LogP contribution in [0.4, 0.5) is 0 Å². The highest BCUT2D eigenvalue weighted by Crippen LogP contribution is 2.34. The summed E-state index contributed by atoms with van der Waals surface area (Å²) in [6.45, 7) is 8.56. The van der Waals surface area contributed by atoms with Gasteiger partial charge >= 0.3 is 0 Å². The quantitative estimate of drug-likeness (QED) is 0.928. The standard InChI is InChI=1S/C16H20N2S/c1-11-5-4-6-14(7-11)16(9-17-10-16)8-15-18-12(2)13(3)19-15/h4-7,17H,8-10H2,1-3H3. The van der Waals surface area contributed by atoms with Gasteiger partial charge in [-0.1, -0.05) is 29.8 Å². The Kier molecular flexibility index (Phi) is 3.19. The number of benzene rings is 1. The van der Waals surface area contributed by atoms with Gasteiger partial charge in [-0.15, -0.1) is 11.3 Å². The molecule has 0 bridgehead atoms. The molecule has 2 heterocycles. The molecule has 1 saturated heterocycles. The van der Waals surface area contributed by atoms with E-state index in [1.54, 1.807) is 0 Å². The number of nitrogens with one attached hydrogen (secondary N) is 1. The van der Waals surface area contributed by atoms with Crippen molar-refractivity contribution in [3.8, 4) is 0 Å². The van der Waals surface area contributed by atoms with E-state index in [1.165, 1.54) is 26.7 Å². The van der Waals surface area contributed by atoms with Crippen LogP contribution in [0.5, 0.6) is 0 Å². The van der Waals surface area contributed by atoms with E-state index >= 15 is 0 Å². The number of thiazole rings is 1. The van der Waals surface area contributed by atoms with Crippen LogP contribution in [0.2, 0.25) is 0 Å². The first-order valence-electron chi connectivity index (χ1n) is 6.80. The van der Waals surface area contributed by atoms with E-state index in [0.29, 0.717) is 0 Å². The average Bonchev–Trinajstić information content (AvgIpc) is 2.63. The first kappa shape index (κ1) is 12.8. The minimum Gasteiger partial charge on any atom is -0.315 e. The Bertz CT molecular complexity index is 577. The first-order valence-corrected chi connectivity index (χ1v) is 7.61. The summed E-state index contributed by atoms with van der Waals surface area (Å²) in [6.07, 6.45) is 1.06. The van der Waals surface area contributed by atoms with Gasteiger partial charge in [-0.05, 0) is 26.3 Å². The SMILES string of the molecule is Cc1cccc(C2(Cc3nc(C)c(C)s3)CNC2)c1. The fourth-order valence-electron chi connectivity index (χ4n) is 2.74. The summed E-state index contributed by atoms with van der Waals surface area (Å²) >= 11 is 1.85. The van der Waals surface area contributed by atoms with Crippen molar-refractivity contribution in [2.45, 2.75) is 32.6 Å². The van der Waals surface area contributed by atoms with Crippen molar-refractivity contribution in [2.24, 2.45) is 0 Å². The lowest BCUT2D eigenvalue weighted by Crippen LogP contribution is -2.58. The van der Waals surface area contributed by atoms with Crippen molar-refractivity contribution in [1.82, 2.24) is 10.3 Å². The second-order valence-corrected chi connectivity index (χ2v) is 6.97. The van der Waals surface area contributed by atoms with Gasteiger partial charge in [-0.3, -0.25) is 0 Å². The zero-order valence-electron chi connectivity index (χ0n) is 11.8. The van der Waals surface area contributed by atoms with Gasteiger partial charge in [-0.2, -0.15) is 0 Å². The fourth-order valence-corrected chi connectivity index (χ4v) is 3.81. The molecular formula is C16H20N2S. The monoisotopic (exact) mass is 272 g/mol. The van der Waals surface area contributed by atoms with E-state index < -0.39 is 0 Å². The van der Waals surface area contributed by atoms with Crippen molar-refractivity contribution in [1.29, 1.82) is 0 Å². The zero-order chi connectivity index (χ0) is 13.5. The molecule has 0 spiro atoms. The molecule has 0 atom stereocenters. The van der Waals surface area contributed by atoms with Crippen LogP contribution in [0.25, 0.3) is 0 Å². The lowest BCUT2D eigenvalue weighted by molar-refractivity contribution is 0.274. The lowest BCUT2D eigenvalue weighted by atomic mass is 9.72. The maximum Gasteiger partial charge on any atom is 0.0940 e. The van der Waals surface area contributed by atoms with Crippen molar-refractivity contribution >= 4 is 11.3 Å². The Balaban J connectivity index is 1.91. The van der Waals surface area contributed by atoms with Crippen LogP contribution < -0.4 is 5.32 Å². The van der Waals surface area contributed by atoms with Gasteiger partial charge in [-0.25, -0.2) is 4.98 Å². The van der Waals surface area contributed by atoms with E-state index in [0.717, 1.165) is 19.5 Å². The third-order valence-electron chi connectivity index (χ3n) is 4.12. The van der Waals surface area contributed by atoms with E-state index in [9.17, 15) is 0 Å². The van der Waals surface area contributed by atoms with Crippen LogP contribution in [0.3, 0.4) is 0 Å². The highest BCUT2D eigenvalue weighted by molar-refractivity contribution is 7.11. The van der Waals surface area contributed by atoms with Gasteiger partial charge in [0.25, 0.3) is 0 Å². The molecule has 3 heteroatoms. The minimum absolute atomic E-state index is 0.253. The van der Waals surface area contributed by atoms with Crippen molar-refractivity contribution in [3.05, 3.63) is 51.0 Å². The molecule has 2 nitrogen and oxygen atoms in total. The predicted molar refractivity (Wildman–Crippen MR) is 81.0 cm³/mol. The third kappa shape index (κ3) is 2.33. The maximum absolute atomic E-state index is 4.72. The number of hydrogen-bond donors (Lipinski definition) is 1. The Labute approximate surface area is 118 Å². The topological polar surface area (TPSA) is 24.9 Å². The maximum atomic E-state index is 4.72. The second kappa shape index (κ2) is 4.73. The van der Waals surface area contributed by atoms with E-state index in [1.807, 2.05) is 11.3 Å². The number of aryl methyl sites for hydroxylation is 3. The van der Waals surface area contributed by atoms with Crippen LogP contribution in [0.15, 0.2) is 24.3 Å². The molecule has 2 aromatic rings. The van der Waals surface area contributed by atoms with Gasteiger partial charge in [0.1, 0.15) is 0 Å². The Morgan fingerprint density at radius 2 is 2.05 bits per heavy atom. The van der Waals surface area contributed by atoms with Crippen LogP contribution in [-0.4, -0.2) is 18.1 Å². The number of hydrogen-bond acceptors (Lipinski definition) is 3. The molecule has 0 amide bonds. The molecule has 3 rings (SSSR count). The Morgan fingerprint density at radius 3 is 2.58 bits per heavy atom. The Morgan fingerprint density at radius 1 is 1.26 bits per heavy atom. The minimum atomic E-state index is 0.253. The highest BCUT2D eigenvalue weighted by atomic mass is 32.1. The molecule has 1 aliphatic rings. The zero-order valence-corrected chi connectivity index (χ0v) is 12.6. The van der Waals surface area contributed by atoms with Gasteiger partial charge in [0.05, 0.1) is 10.7 Å². The van der Waals surface area contributed by atoms with Crippen LogP contribution >= 0.6 is 11.3 Å². The van der Waals surface area contributed by atoms with Crippen molar-refractivity contribution in [2.75, 3.05) is 13.1 Å². The predicted octanol–water partition coefficient (Wildman–Crippen LogP) is 3.15. The van der Waals surface area contributed by atoms with Gasteiger partial charge in [0, 0.05) is 29.8 Å². The molecule has 0 saturated carbocycles. The van der Waals surface area contributed by atoms with E-state index in [4.69, 9.17) is 4.98 Å². The summed E-state index contributed by atoms with van der Waals surface area (Å²) in [7, 11) is 0. The lowest BCUT2D eigenvalue weighted by Gasteiger charge is -2.43. The van der Waals surface area contributed by atoms with Crippen molar-refractivity contribution < 1.29 is 0 Å². The summed E-state index contributed by atoms with van der Waals surface area (Å²) in [5, 5.41) is 4.71. The van der Waals surface area contributed by atoms with Crippen LogP contribution in [0, 0.1) is 20.8 Å². The molecule has 0 radical (unpaired) electrons. The molecule has 1 N–H and O–H groups in total. The molecule has 0 aliphatic carbocycles. The average molecular weight is 272 g/mol. The summed E-state index contributed by atoms with van der Waals surface area (Å²) in [4.78, 5) is 6.06. The number of rotatable bonds is 3. The van der Waals surface area contributed by atoms with E-state index in [-0.39, 0.29) is 5.41 Å². The largest absolute Gasteiger partial charge is 0.315 e. The third-order valence-corrected chi connectivity index (χ3v) is 5.19. The second-order valence-electron chi connectivity index (χ2n) is 5.68. The number of nitrogens with zero attached hydrogens (tertiary/aromatic N) is 1. The molecule has 1 aliphatic heterocycles. The van der Waals surface area contributed by atoms with Crippen LogP contribution in [-0.2, 0) is 11.8 Å². The smallest absolute Gasteiger partial charge is 0.0940 e. The summed E-state index contributed by atoms with van der Waals surface area (Å²) < 4.78 is 0. The molecule has 19 heavy (non-hydrogen) atoms. The molecule has 0 unspecified atom stereocenters. The van der Waals surface area contributed by atoms with Crippen LogP contribution in [0.1, 0.15) is 26.7 Å². The molecule has 1 aromatic heterocycles. The molecular weight excluding hydrogens is 252 g/mol. The Hall–Kier alpha value is -1.19. The summed E-state index contributed by atoms with van der Waals surface area (Å²) in [5.74, 6) is 0. The van der Waals surface area contributed by atoms with E-state index in [2.05, 4.69) is 50.4 Å². The molecule has 1 fully saturated rings. The van der Waals surface area contributed by atoms with Gasteiger partial charge in [0.2, 0.25) is 0 Å². The normalized spacial score (nSPS) is 17.2. The number of aromatic nitrogens is 1. The molecule has 1 aromatic carbocycles. The fraction of sp³-hybridized carbons (Fsp3) is 0.438. The summed E-state index contributed by atoms with van der Waals surface area (Å²) in [5.41, 5.74) is 4.24. The van der Waals surface area contributed by atoms with Gasteiger partial charge in [0.15, 0.2) is 0 Å². The molecule has 100 valence electrons. The highest BCUT2D eigenvalue weighted by Gasteiger charge is 2.39. The summed E-state index contributed by atoms with van der Waals surface area (Å²) in [6, 6.07) is 8.93. The van der Waals surface area contributed by atoms with Crippen molar-refractivity contribution in [3.63, 3.8) is 0 Å². The van der Waals surface area contributed by atoms with Gasteiger partial charge < -0.3 is 5.32 Å².